The number of phosphoric acid groups is 1. The zero-order valence-electron chi connectivity index (χ0n) is 19.3. The van der Waals surface area contributed by atoms with Crippen molar-refractivity contribution in [1.29, 1.82) is 0 Å². The number of para-hydroxylation sites is 1. The Kier molecular flexibility index (Phi) is 4.91. The second kappa shape index (κ2) is 8.20. The molecule has 0 radical (unpaired) electrons. The lowest BCUT2D eigenvalue weighted by molar-refractivity contribution is -0.205. The second-order valence-electron chi connectivity index (χ2n) is 6.86. The zero-order chi connectivity index (χ0) is 26.0. The van der Waals surface area contributed by atoms with Gasteiger partial charge in [0.15, 0.2) is 11.0 Å². The van der Waals surface area contributed by atoms with Crippen LogP contribution in [0.1, 0.15) is 27.0 Å². The molecule has 0 spiro atoms. The van der Waals surface area contributed by atoms with Gasteiger partial charge in [-0.25, -0.2) is 8.96 Å². The van der Waals surface area contributed by atoms with Gasteiger partial charge in [-0.2, -0.15) is 0 Å². The van der Waals surface area contributed by atoms with Crippen LogP contribution in [-0.2, 0) is 25.0 Å². The van der Waals surface area contributed by atoms with Gasteiger partial charge in [-0.1, -0.05) is 24.1 Å². The van der Waals surface area contributed by atoms with E-state index in [-0.39, 0.29) is 17.9 Å². The van der Waals surface area contributed by atoms with Gasteiger partial charge in [0, 0.05) is 11.8 Å². The Labute approximate surface area is 190 Å². The third kappa shape index (κ3) is 3.93. The van der Waals surface area contributed by atoms with Crippen LogP contribution in [0.25, 0.3) is 0 Å². The average Bonchev–Trinajstić information content (AvgIpc) is 2.95. The zero-order valence-corrected chi connectivity index (χ0v) is 18.0. The normalized spacial score (nSPS) is 35.7. The van der Waals surface area contributed by atoms with E-state index in [1.54, 1.807) is 25.1 Å². The molecule has 4 rings (SSSR count). The second-order valence-corrected chi connectivity index (χ2v) is 8.76. The fraction of sp³-hybridized carbons (Fsp3) is 0.368. The predicted molar refractivity (Wildman–Crippen MR) is 110 cm³/mol. The van der Waals surface area contributed by atoms with Crippen LogP contribution in [0.15, 0.2) is 29.2 Å². The number of hydrogen-bond donors (Lipinski definition) is 3. The number of hydrogen-bond acceptors (Lipinski definition) is 9. The molecule has 1 unspecified atom stereocenters. The lowest BCUT2D eigenvalue weighted by Crippen LogP contribution is -2.43. The first-order valence-electron chi connectivity index (χ1n) is 10.5. The fourth-order valence-electron chi connectivity index (χ4n) is 3.03. The van der Waals surface area contributed by atoms with Gasteiger partial charge >= 0.3 is 7.82 Å². The number of aliphatic hydroxyl groups is 2. The van der Waals surface area contributed by atoms with E-state index in [2.05, 4.69) is 4.98 Å². The van der Waals surface area contributed by atoms with Gasteiger partial charge in [-0.3, -0.25) is 23.4 Å². The van der Waals surface area contributed by atoms with Crippen LogP contribution in [0.5, 0.6) is 5.75 Å². The van der Waals surface area contributed by atoms with Gasteiger partial charge in [-0.05, 0) is 24.7 Å². The highest BCUT2D eigenvalue weighted by atomic mass is 32.1. The maximum atomic E-state index is 16.0. The van der Waals surface area contributed by atoms with Crippen molar-refractivity contribution in [3.8, 4) is 18.1 Å². The van der Waals surface area contributed by atoms with Crippen molar-refractivity contribution in [2.45, 2.75) is 37.8 Å². The number of benzene rings is 1. The number of H-pyrrole nitrogens is 1. The molecule has 170 valence electrons. The molecular weight excluding hydrogens is 466 g/mol. The molecule has 0 saturated carbocycles. The van der Waals surface area contributed by atoms with Crippen LogP contribution in [0, 0.1) is 24.0 Å². The molecule has 3 N–H and O–H groups in total. The van der Waals surface area contributed by atoms with Gasteiger partial charge in [0.1, 0.15) is 30.1 Å². The minimum atomic E-state index is -4.83. The minimum Gasteiger partial charge on any atom is -0.403 e. The van der Waals surface area contributed by atoms with Crippen LogP contribution in [0.2, 0.25) is 0 Å². The number of ether oxygens (including phenoxy) is 1. The number of phosphoric ester groups is 1. The fourth-order valence-corrected chi connectivity index (χ4v) is 4.43. The highest BCUT2D eigenvalue weighted by Gasteiger charge is 2.57. The molecule has 2 aromatic rings. The Hall–Kier alpha value is -2.36. The molecule has 13 heteroatoms. The number of nitrogens with one attached hydrogen (secondary N) is 1. The molecule has 2 aliphatic heterocycles. The highest BCUT2D eigenvalue weighted by molar-refractivity contribution is 7.71. The Morgan fingerprint density at radius 1 is 1.59 bits per heavy atom. The first-order chi connectivity index (χ1) is 16.2. The van der Waals surface area contributed by atoms with Crippen LogP contribution in [0.3, 0.4) is 0 Å². The molecule has 1 aromatic heterocycles. The number of aromatic amines is 1. The largest absolute Gasteiger partial charge is 0.530 e. The lowest BCUT2D eigenvalue weighted by atomic mass is 10.1. The first-order valence-corrected chi connectivity index (χ1v) is 10.9. The summed E-state index contributed by atoms with van der Waals surface area (Å²) in [4.78, 5) is 13.9. The summed E-state index contributed by atoms with van der Waals surface area (Å²) in [6.45, 7) is -2.52. The van der Waals surface area contributed by atoms with Crippen molar-refractivity contribution >= 4 is 20.0 Å². The molecule has 3 heterocycles. The molecule has 0 amide bonds. The van der Waals surface area contributed by atoms with Crippen molar-refractivity contribution in [3.63, 3.8) is 0 Å². The highest BCUT2D eigenvalue weighted by Crippen LogP contribution is 2.56. The number of halogens is 1. The third-order valence-corrected chi connectivity index (χ3v) is 6.16. The summed E-state index contributed by atoms with van der Waals surface area (Å²) in [5.41, 5.74) is -0.214. The third-order valence-electron chi connectivity index (χ3n) is 4.69. The van der Waals surface area contributed by atoms with Gasteiger partial charge in [0.25, 0.3) is 11.4 Å². The smallest absolute Gasteiger partial charge is 0.403 e. The van der Waals surface area contributed by atoms with E-state index in [0.717, 1.165) is 6.20 Å². The summed E-state index contributed by atoms with van der Waals surface area (Å²) in [6.07, 6.45) is -2.30. The van der Waals surface area contributed by atoms with E-state index >= 15 is 4.39 Å². The Morgan fingerprint density at radius 3 is 3.06 bits per heavy atom. The molecule has 0 bridgehead atoms. The SMILES string of the molecule is [2H]C([2H])(OP1(=O)OCc2cccc(C)c2O1)[C@@]1(F)O[C@@]([2H])(n2cc(C#C)c(=O)[nH]c2=S)[C@H](O)[C@@H]1O. The Balaban J connectivity index is 1.70. The quantitative estimate of drug-likeness (QED) is 0.336. The van der Waals surface area contributed by atoms with Gasteiger partial charge in [0.2, 0.25) is 0 Å². The van der Waals surface area contributed by atoms with Crippen molar-refractivity contribution in [2.75, 3.05) is 6.56 Å². The molecule has 32 heavy (non-hydrogen) atoms. The molecule has 2 aliphatic rings. The van der Waals surface area contributed by atoms with Crippen molar-refractivity contribution in [3.05, 3.63) is 56.2 Å². The molecule has 5 atom stereocenters. The molecule has 10 nitrogen and oxygen atoms in total. The molecular formula is C19H18FN2O8PS. The predicted octanol–water partition coefficient (Wildman–Crippen LogP) is 1.85. The Morgan fingerprint density at radius 2 is 2.34 bits per heavy atom. The van der Waals surface area contributed by atoms with E-state index in [0.29, 0.717) is 15.7 Å². The maximum Gasteiger partial charge on any atom is 0.530 e. The van der Waals surface area contributed by atoms with Gasteiger partial charge < -0.3 is 19.5 Å². The minimum absolute atomic E-state index is 0.0786. The lowest BCUT2D eigenvalue weighted by Gasteiger charge is -2.29. The molecule has 1 aromatic carbocycles. The number of aromatic nitrogens is 2. The van der Waals surface area contributed by atoms with Gasteiger partial charge in [-0.15, -0.1) is 6.42 Å². The first kappa shape index (κ1) is 19.1. The average molecular weight is 487 g/mol. The van der Waals surface area contributed by atoms with Crippen molar-refractivity contribution in [1.82, 2.24) is 9.55 Å². The number of rotatable bonds is 4. The summed E-state index contributed by atoms with van der Waals surface area (Å²) >= 11 is 4.93. The van der Waals surface area contributed by atoms with Crippen LogP contribution < -0.4 is 10.1 Å². The summed E-state index contributed by atoms with van der Waals surface area (Å²) in [5, 5.41) is 20.9. The molecule has 0 aliphatic carbocycles. The number of alkyl halides is 1. The number of terminal acetylenes is 1. The van der Waals surface area contributed by atoms with E-state index in [1.807, 2.05) is 5.92 Å². The number of nitrogens with zero attached hydrogens (tertiary/aromatic N) is 1. The van der Waals surface area contributed by atoms with Gasteiger partial charge in [0.05, 0.1) is 10.7 Å². The van der Waals surface area contributed by atoms with E-state index in [9.17, 15) is 19.6 Å². The summed E-state index contributed by atoms with van der Waals surface area (Å²) in [5.74, 6) is -1.93. The summed E-state index contributed by atoms with van der Waals surface area (Å²) in [6, 6.07) is 4.90. The monoisotopic (exact) mass is 487 g/mol. The van der Waals surface area contributed by atoms with Crippen molar-refractivity contribution in [2.24, 2.45) is 0 Å². The van der Waals surface area contributed by atoms with E-state index < -0.39 is 49.0 Å². The topological polar surface area (TPSA) is 132 Å². The summed E-state index contributed by atoms with van der Waals surface area (Å²) in [7, 11) is -4.83. The maximum absolute atomic E-state index is 16.0. The van der Waals surface area contributed by atoms with Crippen LogP contribution >= 0.6 is 20.0 Å². The number of aliphatic hydroxyl groups excluding tert-OH is 2. The number of aryl methyl sites for hydroxylation is 1. The Bertz CT molecular complexity index is 1410. The van der Waals surface area contributed by atoms with Crippen molar-refractivity contribution < 1.29 is 41.6 Å². The van der Waals surface area contributed by atoms with E-state index in [4.69, 9.17) is 41.1 Å². The summed E-state index contributed by atoms with van der Waals surface area (Å²) < 4.78 is 73.5. The van der Waals surface area contributed by atoms with Crippen LogP contribution in [-0.4, -0.2) is 44.4 Å². The van der Waals surface area contributed by atoms with Crippen LogP contribution in [0.4, 0.5) is 4.39 Å². The van der Waals surface area contributed by atoms with E-state index in [1.165, 1.54) is 0 Å². The molecule has 1 fully saturated rings. The number of fused-ring (bicyclic) bond motifs is 1. The molecule has 1 saturated heterocycles. The standard InChI is InChI=1S/C19H18FN2O8PS/c1-3-11-7-22(18(32)21-16(11)25)17-13(23)15(24)19(20,29-17)9-28-31(26)27-8-12-6-4-5-10(2)14(12)30-31/h1,4-7,13,15,17,23-24H,8-9H2,2H3,(H,21,25,32)/t13-,15+,17-,19-,31?/m1/s1/i9D2,17D.